The molecule has 0 radical (unpaired) electrons. The SMILES string of the molecule is CSCC[C@H](NC(=O)c1ccc(Cl)cc1Cl)C(=O)OCC(=O)N(C)C. The van der Waals surface area contributed by atoms with Gasteiger partial charge in [-0.15, -0.1) is 0 Å². The summed E-state index contributed by atoms with van der Waals surface area (Å²) in [6.45, 7) is -0.376. The number of ether oxygens (including phenoxy) is 1. The van der Waals surface area contributed by atoms with Crippen LogP contribution in [-0.2, 0) is 14.3 Å². The highest BCUT2D eigenvalue weighted by molar-refractivity contribution is 7.98. The molecule has 0 aliphatic heterocycles. The molecule has 1 N–H and O–H groups in total. The van der Waals surface area contributed by atoms with Crippen LogP contribution in [-0.4, -0.2) is 61.4 Å². The van der Waals surface area contributed by atoms with Crippen LogP contribution in [0.2, 0.25) is 10.0 Å². The van der Waals surface area contributed by atoms with Crippen LogP contribution in [0.3, 0.4) is 0 Å². The molecule has 0 unspecified atom stereocenters. The van der Waals surface area contributed by atoms with E-state index in [4.69, 9.17) is 27.9 Å². The molecule has 9 heteroatoms. The highest BCUT2D eigenvalue weighted by Crippen LogP contribution is 2.21. The Balaban J connectivity index is 2.78. The normalized spacial score (nSPS) is 11.6. The fourth-order valence-electron chi connectivity index (χ4n) is 1.76. The highest BCUT2D eigenvalue weighted by Gasteiger charge is 2.24. The summed E-state index contributed by atoms with van der Waals surface area (Å²) in [6.07, 6.45) is 2.25. The molecule has 0 bridgehead atoms. The summed E-state index contributed by atoms with van der Waals surface area (Å²) in [5.41, 5.74) is 0.206. The van der Waals surface area contributed by atoms with Crippen molar-refractivity contribution in [2.24, 2.45) is 0 Å². The molecule has 0 aliphatic rings. The third-order valence-corrected chi connectivity index (χ3v) is 4.40. The Kier molecular flexibility index (Phi) is 9.10. The zero-order valence-corrected chi connectivity index (χ0v) is 16.5. The summed E-state index contributed by atoms with van der Waals surface area (Å²) in [7, 11) is 3.12. The minimum absolute atomic E-state index is 0.185. The molecule has 2 amide bonds. The Labute approximate surface area is 161 Å². The van der Waals surface area contributed by atoms with E-state index in [-0.39, 0.29) is 23.1 Å². The second kappa shape index (κ2) is 10.5. The molecule has 0 aromatic heterocycles. The van der Waals surface area contributed by atoms with E-state index in [1.165, 1.54) is 34.9 Å². The number of hydrogen-bond donors (Lipinski definition) is 1. The first-order chi connectivity index (χ1) is 11.8. The molecule has 0 saturated carbocycles. The number of hydrogen-bond acceptors (Lipinski definition) is 5. The third-order valence-electron chi connectivity index (χ3n) is 3.21. The number of esters is 1. The molecule has 0 saturated heterocycles. The number of likely N-dealkylation sites (N-methyl/N-ethyl adjacent to an activating group) is 1. The number of amides is 2. The van der Waals surface area contributed by atoms with Crippen LogP contribution in [0.4, 0.5) is 0 Å². The maximum absolute atomic E-state index is 12.4. The molecular weight excluding hydrogens is 387 g/mol. The lowest BCUT2D eigenvalue weighted by Gasteiger charge is -2.18. The smallest absolute Gasteiger partial charge is 0.329 e. The van der Waals surface area contributed by atoms with Crippen molar-refractivity contribution in [3.63, 3.8) is 0 Å². The Bertz CT molecular complexity index is 641. The van der Waals surface area contributed by atoms with E-state index < -0.39 is 17.9 Å². The summed E-state index contributed by atoms with van der Waals surface area (Å²) < 4.78 is 5.00. The second-order valence-corrected chi connectivity index (χ2v) is 7.16. The van der Waals surface area contributed by atoms with Gasteiger partial charge in [0.25, 0.3) is 11.8 Å². The summed E-state index contributed by atoms with van der Waals surface area (Å²) >= 11 is 13.4. The Morgan fingerprint density at radius 1 is 1.28 bits per heavy atom. The van der Waals surface area contributed by atoms with Gasteiger partial charge in [-0.05, 0) is 36.6 Å². The Morgan fingerprint density at radius 2 is 1.96 bits per heavy atom. The van der Waals surface area contributed by atoms with Crippen molar-refractivity contribution in [3.8, 4) is 0 Å². The first-order valence-corrected chi connectivity index (χ1v) is 9.53. The van der Waals surface area contributed by atoms with Crippen molar-refractivity contribution < 1.29 is 19.1 Å². The summed E-state index contributed by atoms with van der Waals surface area (Å²) in [6, 6.07) is 3.59. The van der Waals surface area contributed by atoms with E-state index in [0.717, 1.165) is 0 Å². The van der Waals surface area contributed by atoms with Gasteiger partial charge >= 0.3 is 5.97 Å². The maximum atomic E-state index is 12.4. The zero-order chi connectivity index (χ0) is 19.0. The molecule has 0 heterocycles. The molecule has 138 valence electrons. The van der Waals surface area contributed by atoms with E-state index in [9.17, 15) is 14.4 Å². The van der Waals surface area contributed by atoms with Gasteiger partial charge in [-0.25, -0.2) is 4.79 Å². The average molecular weight is 407 g/mol. The van der Waals surface area contributed by atoms with E-state index in [1.807, 2.05) is 6.26 Å². The third kappa shape index (κ3) is 7.13. The van der Waals surface area contributed by atoms with Gasteiger partial charge in [0, 0.05) is 19.1 Å². The van der Waals surface area contributed by atoms with E-state index >= 15 is 0 Å². The number of benzene rings is 1. The number of carbonyl (C=O) groups is 3. The monoisotopic (exact) mass is 406 g/mol. The lowest BCUT2D eigenvalue weighted by atomic mass is 10.1. The largest absolute Gasteiger partial charge is 0.454 e. The van der Waals surface area contributed by atoms with Crippen LogP contribution in [0.1, 0.15) is 16.8 Å². The summed E-state index contributed by atoms with van der Waals surface area (Å²) in [4.78, 5) is 37.4. The van der Waals surface area contributed by atoms with Crippen molar-refractivity contribution >= 4 is 52.7 Å². The van der Waals surface area contributed by atoms with Gasteiger partial charge in [-0.1, -0.05) is 23.2 Å². The zero-order valence-electron chi connectivity index (χ0n) is 14.2. The molecule has 0 spiro atoms. The first-order valence-electron chi connectivity index (χ1n) is 7.38. The van der Waals surface area contributed by atoms with Crippen LogP contribution in [0.25, 0.3) is 0 Å². The molecule has 0 fully saturated rings. The molecule has 25 heavy (non-hydrogen) atoms. The van der Waals surface area contributed by atoms with Gasteiger partial charge < -0.3 is 15.0 Å². The van der Waals surface area contributed by atoms with Crippen LogP contribution >= 0.6 is 35.0 Å². The maximum Gasteiger partial charge on any atom is 0.329 e. The van der Waals surface area contributed by atoms with Crippen molar-refractivity contribution in [2.75, 3.05) is 32.7 Å². The first kappa shape index (κ1) is 21.6. The fraction of sp³-hybridized carbons (Fsp3) is 0.438. The number of thioether (sulfide) groups is 1. The minimum atomic E-state index is -0.873. The van der Waals surface area contributed by atoms with Crippen molar-refractivity contribution in [3.05, 3.63) is 33.8 Å². The molecule has 0 aliphatic carbocycles. The van der Waals surface area contributed by atoms with Crippen LogP contribution in [0, 0.1) is 0 Å². The standard InChI is InChI=1S/C16H20Cl2N2O4S/c1-20(2)14(21)9-24-16(23)13(6-7-25-3)19-15(22)11-5-4-10(17)8-12(11)18/h4-5,8,13H,6-7,9H2,1-3H3,(H,19,22)/t13-/m0/s1. The second-order valence-electron chi connectivity index (χ2n) is 5.33. The molecule has 6 nitrogen and oxygen atoms in total. The lowest BCUT2D eigenvalue weighted by molar-refractivity contribution is -0.152. The topological polar surface area (TPSA) is 75.7 Å². The number of nitrogens with zero attached hydrogens (tertiary/aromatic N) is 1. The number of rotatable bonds is 8. The molecule has 1 rings (SSSR count). The Morgan fingerprint density at radius 3 is 2.52 bits per heavy atom. The predicted octanol–water partition coefficient (Wildman–Crippen LogP) is 2.48. The van der Waals surface area contributed by atoms with E-state index in [1.54, 1.807) is 14.1 Å². The quantitative estimate of drug-likeness (QED) is 0.671. The van der Waals surface area contributed by atoms with Gasteiger partial charge in [-0.3, -0.25) is 9.59 Å². The fourth-order valence-corrected chi connectivity index (χ4v) is 2.72. The summed E-state index contributed by atoms with van der Waals surface area (Å²) in [5.74, 6) is -0.883. The lowest BCUT2D eigenvalue weighted by Crippen LogP contribution is -2.43. The Hall–Kier alpha value is -1.44. The van der Waals surface area contributed by atoms with Crippen molar-refractivity contribution in [1.82, 2.24) is 10.2 Å². The van der Waals surface area contributed by atoms with Crippen molar-refractivity contribution in [1.29, 1.82) is 0 Å². The molecule has 1 atom stereocenters. The van der Waals surface area contributed by atoms with Crippen molar-refractivity contribution in [2.45, 2.75) is 12.5 Å². The molecular formula is C16H20Cl2N2O4S. The van der Waals surface area contributed by atoms with Gasteiger partial charge in [0.05, 0.1) is 10.6 Å². The highest BCUT2D eigenvalue weighted by atomic mass is 35.5. The van der Waals surface area contributed by atoms with Gasteiger partial charge in [0.1, 0.15) is 6.04 Å². The van der Waals surface area contributed by atoms with Gasteiger partial charge in [0.15, 0.2) is 6.61 Å². The van der Waals surface area contributed by atoms with Crippen LogP contribution in [0.5, 0.6) is 0 Å². The molecule has 1 aromatic rings. The average Bonchev–Trinajstić information content (AvgIpc) is 2.55. The molecule has 1 aromatic carbocycles. The summed E-state index contributed by atoms with van der Waals surface area (Å²) in [5, 5.41) is 3.19. The van der Waals surface area contributed by atoms with Gasteiger partial charge in [0.2, 0.25) is 0 Å². The number of carbonyl (C=O) groups excluding carboxylic acids is 3. The number of halogens is 2. The van der Waals surface area contributed by atoms with Crippen LogP contribution < -0.4 is 5.32 Å². The van der Waals surface area contributed by atoms with E-state index in [0.29, 0.717) is 17.2 Å². The number of nitrogens with one attached hydrogen (secondary N) is 1. The van der Waals surface area contributed by atoms with Gasteiger partial charge in [-0.2, -0.15) is 11.8 Å². The predicted molar refractivity (Wildman–Crippen MR) is 100 cm³/mol. The minimum Gasteiger partial charge on any atom is -0.454 e. The van der Waals surface area contributed by atoms with Crippen LogP contribution in [0.15, 0.2) is 18.2 Å². The van der Waals surface area contributed by atoms with E-state index in [2.05, 4.69) is 5.32 Å².